The number of anilines is 1. The fourth-order valence-corrected chi connectivity index (χ4v) is 4.00. The largest absolute Gasteiger partial charge is 0.417 e. The third kappa shape index (κ3) is 5.10. The van der Waals surface area contributed by atoms with E-state index < -0.39 is 11.7 Å². The lowest BCUT2D eigenvalue weighted by Crippen LogP contribution is -2.49. The Morgan fingerprint density at radius 2 is 1.97 bits per heavy atom. The Morgan fingerprint density at radius 3 is 2.55 bits per heavy atom. The van der Waals surface area contributed by atoms with Crippen molar-refractivity contribution in [2.24, 2.45) is 0 Å². The molecule has 158 valence electrons. The van der Waals surface area contributed by atoms with Gasteiger partial charge < -0.3 is 9.80 Å². The molecule has 0 spiro atoms. The maximum Gasteiger partial charge on any atom is 0.417 e. The molecule has 2 aromatic rings. The molecular formula is C16H19ClF3N7OS. The van der Waals surface area contributed by atoms with Gasteiger partial charge in [-0.3, -0.25) is 4.79 Å². The molecule has 0 aliphatic carbocycles. The predicted octanol–water partition coefficient (Wildman–Crippen LogP) is 2.76. The number of rotatable bonds is 5. The number of piperazine rings is 1. The Kier molecular flexibility index (Phi) is 6.52. The highest BCUT2D eigenvalue weighted by Gasteiger charge is 2.32. The van der Waals surface area contributed by atoms with E-state index >= 15 is 0 Å². The first-order chi connectivity index (χ1) is 13.7. The molecular weight excluding hydrogens is 431 g/mol. The van der Waals surface area contributed by atoms with Crippen molar-refractivity contribution < 1.29 is 18.0 Å². The van der Waals surface area contributed by atoms with Gasteiger partial charge >= 0.3 is 6.18 Å². The topological polar surface area (TPSA) is 80.0 Å². The van der Waals surface area contributed by atoms with Crippen LogP contribution in [0.25, 0.3) is 0 Å². The van der Waals surface area contributed by atoms with Crippen LogP contribution in [0.3, 0.4) is 0 Å². The van der Waals surface area contributed by atoms with Gasteiger partial charge in [-0.1, -0.05) is 23.4 Å². The van der Waals surface area contributed by atoms with E-state index in [2.05, 4.69) is 20.5 Å². The summed E-state index contributed by atoms with van der Waals surface area (Å²) in [5.74, 6) is 0.434. The van der Waals surface area contributed by atoms with E-state index in [0.29, 0.717) is 31.3 Å². The molecule has 8 nitrogen and oxygen atoms in total. The van der Waals surface area contributed by atoms with E-state index in [1.54, 1.807) is 14.5 Å². The highest BCUT2D eigenvalue weighted by molar-refractivity contribution is 7.99. The maximum absolute atomic E-state index is 12.8. The molecule has 1 fully saturated rings. The lowest BCUT2D eigenvalue weighted by molar-refractivity contribution is -0.137. The number of carbonyl (C=O) groups excluding carboxylic acids is 1. The van der Waals surface area contributed by atoms with Crippen molar-refractivity contribution in [3.05, 3.63) is 22.8 Å². The summed E-state index contributed by atoms with van der Waals surface area (Å²) in [6.45, 7) is 5.60. The van der Waals surface area contributed by atoms with Crippen LogP contribution in [0.2, 0.25) is 5.02 Å². The molecule has 0 radical (unpaired) electrons. The van der Waals surface area contributed by atoms with Crippen LogP contribution in [0.4, 0.5) is 19.0 Å². The summed E-state index contributed by atoms with van der Waals surface area (Å²) in [6.07, 6.45) is -3.72. The number of alkyl halides is 3. The van der Waals surface area contributed by atoms with Crippen LogP contribution in [0.15, 0.2) is 17.4 Å². The molecule has 2 aromatic heterocycles. The van der Waals surface area contributed by atoms with E-state index in [4.69, 9.17) is 11.6 Å². The van der Waals surface area contributed by atoms with Gasteiger partial charge in [0.25, 0.3) is 0 Å². The Balaban J connectivity index is 1.55. The van der Waals surface area contributed by atoms with Crippen LogP contribution in [0.1, 0.15) is 25.5 Å². The first kappa shape index (κ1) is 21.6. The Morgan fingerprint density at radius 1 is 1.28 bits per heavy atom. The van der Waals surface area contributed by atoms with Crippen molar-refractivity contribution in [3.8, 4) is 0 Å². The molecule has 0 saturated carbocycles. The molecule has 0 aromatic carbocycles. The van der Waals surface area contributed by atoms with Gasteiger partial charge in [-0.2, -0.15) is 13.2 Å². The van der Waals surface area contributed by atoms with Gasteiger partial charge in [0.2, 0.25) is 11.1 Å². The number of hydrogen-bond donors (Lipinski definition) is 0. The average molecular weight is 450 g/mol. The Labute approximate surface area is 174 Å². The molecule has 13 heteroatoms. The van der Waals surface area contributed by atoms with E-state index in [1.165, 1.54) is 11.8 Å². The highest BCUT2D eigenvalue weighted by atomic mass is 35.5. The molecule has 3 rings (SSSR count). The van der Waals surface area contributed by atoms with Crippen molar-refractivity contribution in [2.45, 2.75) is 31.2 Å². The molecule has 1 amide bonds. The second kappa shape index (κ2) is 8.74. The standard InChI is InChI=1S/C16H19ClF3N7OS/c1-10(2)27-15(22-23-24-27)29-9-13(28)25-3-5-26(6-4-25)14-12(17)7-11(8-21-14)16(18,19)20/h7-8,10H,3-6,9H2,1-2H3. The third-order valence-corrected chi connectivity index (χ3v) is 5.55. The maximum atomic E-state index is 12.8. The first-order valence-electron chi connectivity index (χ1n) is 8.83. The van der Waals surface area contributed by atoms with Crippen molar-refractivity contribution in [1.82, 2.24) is 30.1 Å². The summed E-state index contributed by atoms with van der Waals surface area (Å²) in [6, 6.07) is 0.962. The van der Waals surface area contributed by atoms with Crippen LogP contribution in [-0.2, 0) is 11.0 Å². The second-order valence-electron chi connectivity index (χ2n) is 6.68. The van der Waals surface area contributed by atoms with Gasteiger partial charge in [-0.15, -0.1) is 5.10 Å². The molecule has 1 aliphatic rings. The van der Waals surface area contributed by atoms with Crippen LogP contribution in [-0.4, -0.2) is 67.9 Å². The van der Waals surface area contributed by atoms with Crippen molar-refractivity contribution in [2.75, 3.05) is 36.8 Å². The Hall–Kier alpha value is -2.08. The number of aromatic nitrogens is 5. The van der Waals surface area contributed by atoms with Crippen molar-refractivity contribution in [1.29, 1.82) is 0 Å². The van der Waals surface area contributed by atoms with E-state index in [-0.39, 0.29) is 28.5 Å². The highest BCUT2D eigenvalue weighted by Crippen LogP contribution is 2.33. The van der Waals surface area contributed by atoms with Crippen molar-refractivity contribution >= 4 is 35.1 Å². The number of carbonyl (C=O) groups is 1. The van der Waals surface area contributed by atoms with Crippen LogP contribution in [0, 0.1) is 0 Å². The van der Waals surface area contributed by atoms with E-state index in [0.717, 1.165) is 12.3 Å². The fraction of sp³-hybridized carbons (Fsp3) is 0.562. The molecule has 29 heavy (non-hydrogen) atoms. The summed E-state index contributed by atoms with van der Waals surface area (Å²) in [5.41, 5.74) is -0.888. The van der Waals surface area contributed by atoms with Gasteiger partial charge in [-0.25, -0.2) is 9.67 Å². The number of pyridine rings is 1. The van der Waals surface area contributed by atoms with Crippen LogP contribution >= 0.6 is 23.4 Å². The predicted molar refractivity (Wildman–Crippen MR) is 102 cm³/mol. The summed E-state index contributed by atoms with van der Waals surface area (Å²) in [4.78, 5) is 19.8. The number of tetrazole rings is 1. The zero-order valence-corrected chi connectivity index (χ0v) is 17.3. The average Bonchev–Trinajstić information content (AvgIpc) is 3.14. The SMILES string of the molecule is CC(C)n1nnnc1SCC(=O)N1CCN(c2ncc(C(F)(F)F)cc2Cl)CC1. The number of hydrogen-bond acceptors (Lipinski definition) is 7. The summed E-state index contributed by atoms with van der Waals surface area (Å²) in [7, 11) is 0. The minimum atomic E-state index is -4.49. The van der Waals surface area contributed by atoms with E-state index in [1.807, 2.05) is 13.8 Å². The zero-order valence-electron chi connectivity index (χ0n) is 15.7. The van der Waals surface area contributed by atoms with Gasteiger partial charge in [-0.05, 0) is 30.3 Å². The van der Waals surface area contributed by atoms with Gasteiger partial charge in [0.15, 0.2) is 0 Å². The van der Waals surface area contributed by atoms with E-state index in [9.17, 15) is 18.0 Å². The third-order valence-electron chi connectivity index (χ3n) is 4.36. The molecule has 1 aliphatic heterocycles. The number of halogens is 4. The van der Waals surface area contributed by atoms with Gasteiger partial charge in [0.05, 0.1) is 22.4 Å². The summed E-state index contributed by atoms with van der Waals surface area (Å²) in [5, 5.41) is 12.0. The lowest BCUT2D eigenvalue weighted by Gasteiger charge is -2.35. The molecule has 0 unspecified atom stereocenters. The first-order valence-corrected chi connectivity index (χ1v) is 10.2. The molecule has 3 heterocycles. The lowest BCUT2D eigenvalue weighted by atomic mass is 10.2. The van der Waals surface area contributed by atoms with Crippen LogP contribution < -0.4 is 4.90 Å². The fourth-order valence-electron chi connectivity index (χ4n) is 2.81. The molecule has 1 saturated heterocycles. The van der Waals surface area contributed by atoms with Gasteiger partial charge in [0.1, 0.15) is 5.82 Å². The summed E-state index contributed by atoms with van der Waals surface area (Å²) < 4.78 is 39.9. The quantitative estimate of drug-likeness (QED) is 0.649. The normalized spacial score (nSPS) is 15.3. The molecule has 0 bridgehead atoms. The zero-order chi connectivity index (χ0) is 21.2. The number of amides is 1. The summed E-state index contributed by atoms with van der Waals surface area (Å²) >= 11 is 7.28. The van der Waals surface area contributed by atoms with Crippen LogP contribution in [0.5, 0.6) is 0 Å². The minimum absolute atomic E-state index is 0.0561. The molecule has 0 atom stereocenters. The Bertz CT molecular complexity index is 868. The molecule has 0 N–H and O–H groups in total. The smallest absolute Gasteiger partial charge is 0.352 e. The monoisotopic (exact) mass is 449 g/mol. The second-order valence-corrected chi connectivity index (χ2v) is 8.03. The van der Waals surface area contributed by atoms with Gasteiger partial charge in [0, 0.05) is 32.4 Å². The number of nitrogens with zero attached hydrogens (tertiary/aromatic N) is 7. The minimum Gasteiger partial charge on any atom is -0.352 e. The van der Waals surface area contributed by atoms with Crippen molar-refractivity contribution in [3.63, 3.8) is 0 Å². The number of thioether (sulfide) groups is 1.